The third-order valence-corrected chi connectivity index (χ3v) is 3.57. The van der Waals surface area contributed by atoms with E-state index in [0.29, 0.717) is 25.9 Å². The molecule has 2 rings (SSSR count). The molecule has 1 fully saturated rings. The molecule has 0 aromatic heterocycles. The highest BCUT2D eigenvalue weighted by molar-refractivity contribution is 5.78. The van der Waals surface area contributed by atoms with Gasteiger partial charge >= 0.3 is 5.97 Å². The Morgan fingerprint density at radius 2 is 2.05 bits per heavy atom. The molecule has 0 saturated carbocycles. The largest absolute Gasteiger partial charge is 0.462 e. The molecule has 1 atom stereocenters. The van der Waals surface area contributed by atoms with Crippen LogP contribution in [0.1, 0.15) is 38.7 Å². The van der Waals surface area contributed by atoms with Gasteiger partial charge in [-0.3, -0.25) is 9.59 Å². The molecule has 4 nitrogen and oxygen atoms in total. The van der Waals surface area contributed by atoms with E-state index in [0.717, 1.165) is 12.0 Å². The summed E-state index contributed by atoms with van der Waals surface area (Å²) in [6.07, 6.45) is 1.19. The lowest BCUT2D eigenvalue weighted by Gasteiger charge is -2.31. The number of nitrogens with zero attached hydrogens (tertiary/aromatic N) is 1. The third-order valence-electron chi connectivity index (χ3n) is 3.57. The van der Waals surface area contributed by atoms with Crippen molar-refractivity contribution in [3.8, 4) is 0 Å². The van der Waals surface area contributed by atoms with Gasteiger partial charge in [-0.05, 0) is 11.5 Å². The number of carbonyl (C=O) groups excluding carboxylic acids is 2. The van der Waals surface area contributed by atoms with Crippen LogP contribution in [0.25, 0.3) is 0 Å². The Morgan fingerprint density at radius 3 is 2.67 bits per heavy atom. The van der Waals surface area contributed by atoms with Gasteiger partial charge in [0.2, 0.25) is 5.91 Å². The van der Waals surface area contributed by atoms with E-state index in [-0.39, 0.29) is 23.9 Å². The first kappa shape index (κ1) is 15.5. The Hall–Kier alpha value is -1.84. The lowest BCUT2D eigenvalue weighted by Crippen LogP contribution is -2.41. The molecule has 114 valence electrons. The highest BCUT2D eigenvalue weighted by Crippen LogP contribution is 2.18. The number of hydrogen-bond donors (Lipinski definition) is 0. The molecular formula is C17H23NO3. The lowest BCUT2D eigenvalue weighted by atomic mass is 10.1. The fourth-order valence-corrected chi connectivity index (χ4v) is 2.49. The minimum Gasteiger partial charge on any atom is -0.462 e. The summed E-state index contributed by atoms with van der Waals surface area (Å²) in [5.41, 5.74) is 1.13. The number of piperidine rings is 1. The summed E-state index contributed by atoms with van der Waals surface area (Å²) in [5, 5.41) is 0. The first-order valence-electron chi connectivity index (χ1n) is 7.55. The molecule has 0 radical (unpaired) electrons. The van der Waals surface area contributed by atoms with Gasteiger partial charge in [-0.15, -0.1) is 0 Å². The Morgan fingerprint density at radius 1 is 1.33 bits per heavy atom. The van der Waals surface area contributed by atoms with Crippen molar-refractivity contribution in [2.24, 2.45) is 5.92 Å². The molecule has 21 heavy (non-hydrogen) atoms. The predicted molar refractivity (Wildman–Crippen MR) is 80.4 cm³/mol. The van der Waals surface area contributed by atoms with E-state index >= 15 is 0 Å². The van der Waals surface area contributed by atoms with E-state index < -0.39 is 0 Å². The van der Waals surface area contributed by atoms with Crippen molar-refractivity contribution in [2.75, 3.05) is 6.54 Å². The maximum absolute atomic E-state index is 12.1. The minimum absolute atomic E-state index is 0.0625. The topological polar surface area (TPSA) is 46.6 Å². The average Bonchev–Trinajstić information content (AvgIpc) is 2.42. The van der Waals surface area contributed by atoms with Crippen LogP contribution in [-0.2, 0) is 20.9 Å². The predicted octanol–water partition coefficient (Wildman–Crippen LogP) is 2.77. The van der Waals surface area contributed by atoms with Crippen LogP contribution in [0.2, 0.25) is 0 Å². The summed E-state index contributed by atoms with van der Waals surface area (Å²) in [4.78, 5) is 25.6. The van der Waals surface area contributed by atoms with Gasteiger partial charge < -0.3 is 9.64 Å². The van der Waals surface area contributed by atoms with E-state index in [1.54, 1.807) is 0 Å². The summed E-state index contributed by atoms with van der Waals surface area (Å²) < 4.78 is 5.38. The number of carbonyl (C=O) groups is 2. The van der Waals surface area contributed by atoms with E-state index in [2.05, 4.69) is 0 Å². The van der Waals surface area contributed by atoms with Crippen molar-refractivity contribution in [3.63, 3.8) is 0 Å². The van der Waals surface area contributed by atoms with Crippen molar-refractivity contribution >= 4 is 11.9 Å². The summed E-state index contributed by atoms with van der Waals surface area (Å²) in [6.45, 7) is 5.24. The van der Waals surface area contributed by atoms with Crippen molar-refractivity contribution in [3.05, 3.63) is 35.9 Å². The first-order valence-corrected chi connectivity index (χ1v) is 7.55. The van der Waals surface area contributed by atoms with Gasteiger partial charge in [0.15, 0.2) is 0 Å². The Balaban J connectivity index is 1.82. The fourth-order valence-electron chi connectivity index (χ4n) is 2.49. The highest BCUT2D eigenvalue weighted by atomic mass is 16.5. The SMILES string of the molecule is CC(C)CC(=O)OC1CCN(Cc2ccccc2)C(=O)C1. The van der Waals surface area contributed by atoms with Crippen LogP contribution in [0, 0.1) is 5.92 Å². The van der Waals surface area contributed by atoms with Crippen LogP contribution in [0.4, 0.5) is 0 Å². The van der Waals surface area contributed by atoms with Crippen molar-refractivity contribution in [1.82, 2.24) is 4.90 Å². The number of esters is 1. The molecule has 1 aliphatic heterocycles. The molecule has 1 aromatic carbocycles. The van der Waals surface area contributed by atoms with E-state index in [4.69, 9.17) is 4.74 Å². The molecular weight excluding hydrogens is 266 g/mol. The number of hydrogen-bond acceptors (Lipinski definition) is 3. The van der Waals surface area contributed by atoms with Crippen LogP contribution in [0.5, 0.6) is 0 Å². The third kappa shape index (κ3) is 4.88. The van der Waals surface area contributed by atoms with Crippen LogP contribution in [0.3, 0.4) is 0 Å². The molecule has 0 N–H and O–H groups in total. The summed E-state index contributed by atoms with van der Waals surface area (Å²) >= 11 is 0. The average molecular weight is 289 g/mol. The summed E-state index contributed by atoms with van der Waals surface area (Å²) in [7, 11) is 0. The summed E-state index contributed by atoms with van der Waals surface area (Å²) in [6, 6.07) is 9.94. The molecule has 1 saturated heterocycles. The van der Waals surface area contributed by atoms with Crippen LogP contribution in [0.15, 0.2) is 30.3 Å². The van der Waals surface area contributed by atoms with Gasteiger partial charge in [0.05, 0.1) is 6.42 Å². The van der Waals surface area contributed by atoms with Gasteiger partial charge in [0, 0.05) is 25.9 Å². The quantitative estimate of drug-likeness (QED) is 0.783. The molecule has 1 aromatic rings. The smallest absolute Gasteiger partial charge is 0.306 e. The normalized spacial score (nSPS) is 18.9. The zero-order valence-corrected chi connectivity index (χ0v) is 12.7. The molecule has 0 spiro atoms. The number of benzene rings is 1. The second kappa shape index (κ2) is 7.25. The van der Waals surface area contributed by atoms with E-state index in [9.17, 15) is 9.59 Å². The summed E-state index contributed by atoms with van der Waals surface area (Å²) in [5.74, 6) is 0.151. The number of rotatable bonds is 5. The minimum atomic E-state index is -0.254. The lowest BCUT2D eigenvalue weighted by molar-refractivity contribution is -0.156. The molecule has 4 heteroatoms. The monoisotopic (exact) mass is 289 g/mol. The Kier molecular flexibility index (Phi) is 5.37. The maximum Gasteiger partial charge on any atom is 0.306 e. The van der Waals surface area contributed by atoms with Gasteiger partial charge in [-0.25, -0.2) is 0 Å². The van der Waals surface area contributed by atoms with Crippen LogP contribution in [-0.4, -0.2) is 29.4 Å². The van der Waals surface area contributed by atoms with E-state index in [1.165, 1.54) is 0 Å². The van der Waals surface area contributed by atoms with Gasteiger partial charge in [-0.1, -0.05) is 44.2 Å². The number of amides is 1. The van der Waals surface area contributed by atoms with Crippen molar-refractivity contribution < 1.29 is 14.3 Å². The zero-order valence-electron chi connectivity index (χ0n) is 12.7. The van der Waals surface area contributed by atoms with E-state index in [1.807, 2.05) is 49.1 Å². The second-order valence-electron chi connectivity index (χ2n) is 6.00. The van der Waals surface area contributed by atoms with Crippen molar-refractivity contribution in [1.29, 1.82) is 0 Å². The molecule has 0 aliphatic carbocycles. The van der Waals surface area contributed by atoms with Crippen LogP contribution >= 0.6 is 0 Å². The molecule has 1 aliphatic rings. The second-order valence-corrected chi connectivity index (χ2v) is 6.00. The molecule has 1 unspecified atom stereocenters. The molecule has 1 heterocycles. The Bertz CT molecular complexity index is 484. The fraction of sp³-hybridized carbons (Fsp3) is 0.529. The Labute approximate surface area is 126 Å². The van der Waals surface area contributed by atoms with Gasteiger partial charge in [0.25, 0.3) is 0 Å². The standard InChI is InChI=1S/C17H23NO3/c1-13(2)10-17(20)21-15-8-9-18(16(19)11-15)12-14-6-4-3-5-7-14/h3-7,13,15H,8-12H2,1-2H3. The first-order chi connectivity index (χ1) is 10.0. The highest BCUT2D eigenvalue weighted by Gasteiger charge is 2.28. The number of likely N-dealkylation sites (tertiary alicyclic amines) is 1. The number of ether oxygens (including phenoxy) is 1. The van der Waals surface area contributed by atoms with Crippen LogP contribution < -0.4 is 0 Å². The molecule has 0 bridgehead atoms. The van der Waals surface area contributed by atoms with Gasteiger partial charge in [0.1, 0.15) is 6.10 Å². The van der Waals surface area contributed by atoms with Crippen molar-refractivity contribution in [2.45, 2.75) is 45.8 Å². The van der Waals surface area contributed by atoms with Gasteiger partial charge in [-0.2, -0.15) is 0 Å². The maximum atomic E-state index is 12.1. The molecule has 1 amide bonds. The zero-order chi connectivity index (χ0) is 15.2.